The van der Waals surface area contributed by atoms with Gasteiger partial charge in [0.25, 0.3) is 0 Å². The van der Waals surface area contributed by atoms with Crippen LogP contribution in [0.2, 0.25) is 0 Å². The smallest absolute Gasteiger partial charge is 0.00115 e. The Morgan fingerprint density at radius 1 is 1.29 bits per heavy atom. The summed E-state index contributed by atoms with van der Waals surface area (Å²) in [6.07, 6.45) is 2.39. The van der Waals surface area contributed by atoms with Gasteiger partial charge in [0.05, 0.1) is 0 Å². The van der Waals surface area contributed by atoms with Gasteiger partial charge in [-0.3, -0.25) is 0 Å². The molecule has 0 aliphatic carbocycles. The van der Waals surface area contributed by atoms with Gasteiger partial charge >= 0.3 is 0 Å². The Morgan fingerprint density at radius 2 is 1.57 bits per heavy atom. The van der Waals surface area contributed by atoms with Crippen molar-refractivity contribution in [3.05, 3.63) is 0 Å². The van der Waals surface area contributed by atoms with E-state index in [-0.39, 0.29) is 5.48 Å². The molecule has 0 atom stereocenters. The van der Waals surface area contributed by atoms with E-state index in [1.807, 2.05) is 0 Å². The predicted molar refractivity (Wildman–Crippen MR) is 37.0 cm³/mol. The standard InChI is InChI=1S/C5H12S.H2O/c1-3-5(6)4-2;/h5-6H,3-4H2,1-2H3;1H2. The minimum absolute atomic E-state index is 0. The van der Waals surface area contributed by atoms with E-state index in [2.05, 4.69) is 26.5 Å². The molecule has 46 valence electrons. The molecule has 2 N–H and O–H groups in total. The molecule has 0 saturated carbocycles. The molecule has 0 radical (unpaired) electrons. The number of rotatable bonds is 2. The second-order valence-corrected chi connectivity index (χ2v) is 2.20. The maximum absolute atomic E-state index is 4.23. The van der Waals surface area contributed by atoms with Gasteiger partial charge in [0.2, 0.25) is 0 Å². The van der Waals surface area contributed by atoms with Crippen molar-refractivity contribution in [2.75, 3.05) is 0 Å². The molecule has 1 nitrogen and oxygen atoms in total. The van der Waals surface area contributed by atoms with E-state index in [4.69, 9.17) is 0 Å². The summed E-state index contributed by atoms with van der Waals surface area (Å²) in [4.78, 5) is 0. The molecule has 0 spiro atoms. The average Bonchev–Trinajstić information content (AvgIpc) is 1.65. The topological polar surface area (TPSA) is 31.5 Å². The highest BCUT2D eigenvalue weighted by atomic mass is 32.1. The Morgan fingerprint density at radius 3 is 1.57 bits per heavy atom. The zero-order valence-corrected chi connectivity index (χ0v) is 5.83. The molecule has 0 aromatic heterocycles. The van der Waals surface area contributed by atoms with Gasteiger partial charge in [-0.05, 0) is 12.8 Å². The molecule has 0 unspecified atom stereocenters. The molecular formula is C5H14OS. The van der Waals surface area contributed by atoms with Crippen LogP contribution in [-0.4, -0.2) is 10.7 Å². The van der Waals surface area contributed by atoms with Gasteiger partial charge in [-0.15, -0.1) is 0 Å². The molecule has 0 fully saturated rings. The molecule has 0 saturated heterocycles. The van der Waals surface area contributed by atoms with Crippen LogP contribution in [0, 0.1) is 0 Å². The van der Waals surface area contributed by atoms with Crippen LogP contribution in [0.15, 0.2) is 0 Å². The van der Waals surface area contributed by atoms with Crippen LogP contribution in [0.4, 0.5) is 0 Å². The highest BCUT2D eigenvalue weighted by molar-refractivity contribution is 7.80. The second-order valence-electron chi connectivity index (χ2n) is 1.47. The summed E-state index contributed by atoms with van der Waals surface area (Å²) in [5.41, 5.74) is 0. The van der Waals surface area contributed by atoms with Gasteiger partial charge in [-0.2, -0.15) is 12.6 Å². The molecule has 0 aromatic rings. The van der Waals surface area contributed by atoms with Crippen LogP contribution in [-0.2, 0) is 0 Å². The van der Waals surface area contributed by atoms with Crippen LogP contribution in [0.25, 0.3) is 0 Å². The maximum atomic E-state index is 4.23. The van der Waals surface area contributed by atoms with E-state index in [0.717, 1.165) is 0 Å². The largest absolute Gasteiger partial charge is 0.412 e. The van der Waals surface area contributed by atoms with Crippen molar-refractivity contribution in [1.82, 2.24) is 0 Å². The summed E-state index contributed by atoms with van der Waals surface area (Å²) in [5, 5.41) is 0.630. The fourth-order valence-electron chi connectivity index (χ4n) is 0.289. The van der Waals surface area contributed by atoms with Gasteiger partial charge in [0, 0.05) is 5.25 Å². The van der Waals surface area contributed by atoms with E-state index in [9.17, 15) is 0 Å². The highest BCUT2D eigenvalue weighted by Crippen LogP contribution is 2.02. The predicted octanol–water partition coefficient (Wildman–Crippen LogP) is 1.28. The molecule has 0 rings (SSSR count). The molecule has 0 amide bonds. The summed E-state index contributed by atoms with van der Waals surface area (Å²) in [6, 6.07) is 0. The van der Waals surface area contributed by atoms with Crippen molar-refractivity contribution < 1.29 is 5.48 Å². The third-order valence-electron chi connectivity index (χ3n) is 0.942. The normalized spacial score (nSPS) is 8.57. The third-order valence-corrected chi connectivity index (χ3v) is 1.67. The average molecular weight is 122 g/mol. The zero-order chi connectivity index (χ0) is 4.99. The van der Waals surface area contributed by atoms with Crippen LogP contribution >= 0.6 is 12.6 Å². The monoisotopic (exact) mass is 122 g/mol. The van der Waals surface area contributed by atoms with Crippen molar-refractivity contribution in [1.29, 1.82) is 0 Å². The van der Waals surface area contributed by atoms with Gasteiger partial charge in [-0.1, -0.05) is 13.8 Å². The second kappa shape index (κ2) is 6.31. The van der Waals surface area contributed by atoms with Crippen molar-refractivity contribution >= 4 is 12.6 Å². The van der Waals surface area contributed by atoms with E-state index in [0.29, 0.717) is 5.25 Å². The first-order valence-electron chi connectivity index (χ1n) is 2.49. The zero-order valence-electron chi connectivity index (χ0n) is 4.94. The first-order chi connectivity index (χ1) is 2.81. The fraction of sp³-hybridized carbons (Fsp3) is 1.00. The Bertz CT molecular complexity index is 27.3. The molecule has 0 heterocycles. The molecule has 0 aliphatic heterocycles. The van der Waals surface area contributed by atoms with Crippen molar-refractivity contribution in [3.63, 3.8) is 0 Å². The quantitative estimate of drug-likeness (QED) is 0.535. The minimum Gasteiger partial charge on any atom is -0.412 e. The van der Waals surface area contributed by atoms with Gasteiger partial charge in [0.15, 0.2) is 0 Å². The van der Waals surface area contributed by atoms with Crippen LogP contribution in [0.1, 0.15) is 26.7 Å². The van der Waals surface area contributed by atoms with E-state index in [1.165, 1.54) is 12.8 Å². The number of thiol groups is 1. The summed E-state index contributed by atoms with van der Waals surface area (Å²) in [7, 11) is 0. The van der Waals surface area contributed by atoms with Crippen molar-refractivity contribution in [3.8, 4) is 0 Å². The Hall–Kier alpha value is 0.310. The lowest BCUT2D eigenvalue weighted by Gasteiger charge is -1.97. The summed E-state index contributed by atoms with van der Waals surface area (Å²) in [6.45, 7) is 4.31. The van der Waals surface area contributed by atoms with Crippen LogP contribution in [0.3, 0.4) is 0 Å². The van der Waals surface area contributed by atoms with Gasteiger partial charge in [-0.25, -0.2) is 0 Å². The summed E-state index contributed by atoms with van der Waals surface area (Å²) >= 11 is 4.23. The first kappa shape index (κ1) is 10.3. The van der Waals surface area contributed by atoms with E-state index in [1.54, 1.807) is 0 Å². The lowest BCUT2D eigenvalue weighted by Crippen LogP contribution is -1.89. The van der Waals surface area contributed by atoms with Gasteiger partial charge in [0.1, 0.15) is 0 Å². The lowest BCUT2D eigenvalue weighted by molar-refractivity contribution is 0.798. The Kier molecular flexibility index (Phi) is 9.31. The number of hydrogen-bond donors (Lipinski definition) is 1. The summed E-state index contributed by atoms with van der Waals surface area (Å²) < 4.78 is 0. The van der Waals surface area contributed by atoms with Crippen LogP contribution < -0.4 is 0 Å². The fourth-order valence-corrected chi connectivity index (χ4v) is 0.289. The minimum atomic E-state index is 0. The van der Waals surface area contributed by atoms with Crippen LogP contribution in [0.5, 0.6) is 0 Å². The first-order valence-corrected chi connectivity index (χ1v) is 3.01. The Labute approximate surface area is 50.8 Å². The molecule has 2 heteroatoms. The molecule has 0 aliphatic rings. The summed E-state index contributed by atoms with van der Waals surface area (Å²) in [5.74, 6) is 0. The van der Waals surface area contributed by atoms with E-state index >= 15 is 0 Å². The number of hydrogen-bond acceptors (Lipinski definition) is 1. The van der Waals surface area contributed by atoms with Crippen molar-refractivity contribution in [2.24, 2.45) is 0 Å². The van der Waals surface area contributed by atoms with Crippen molar-refractivity contribution in [2.45, 2.75) is 31.9 Å². The maximum Gasteiger partial charge on any atom is 0.00115 e. The van der Waals surface area contributed by atoms with Gasteiger partial charge < -0.3 is 5.48 Å². The molecule has 7 heavy (non-hydrogen) atoms. The van der Waals surface area contributed by atoms with E-state index < -0.39 is 0 Å². The molecular weight excluding hydrogens is 108 g/mol. The lowest BCUT2D eigenvalue weighted by atomic mass is 10.3. The Balaban J connectivity index is 0. The molecule has 0 bridgehead atoms. The third kappa shape index (κ3) is 6.31. The highest BCUT2D eigenvalue weighted by Gasteiger charge is 1.89. The molecule has 0 aromatic carbocycles. The SMILES string of the molecule is CCC(S)CC.O.